The van der Waals surface area contributed by atoms with E-state index < -0.39 is 11.6 Å². The number of rotatable bonds is 10. The van der Waals surface area contributed by atoms with Gasteiger partial charge in [0, 0.05) is 18.2 Å². The molecular formula is C26H32F2N8. The highest BCUT2D eigenvalue weighted by Crippen LogP contribution is 2.30. The van der Waals surface area contributed by atoms with Crippen molar-refractivity contribution in [1.82, 2.24) is 29.8 Å². The van der Waals surface area contributed by atoms with E-state index in [1.165, 1.54) is 6.07 Å². The van der Waals surface area contributed by atoms with E-state index in [0.717, 1.165) is 31.5 Å². The van der Waals surface area contributed by atoms with Gasteiger partial charge in [0.05, 0.1) is 23.6 Å². The summed E-state index contributed by atoms with van der Waals surface area (Å²) >= 11 is 0. The molecule has 3 aromatic heterocycles. The first-order valence-corrected chi connectivity index (χ1v) is 12.2. The van der Waals surface area contributed by atoms with Gasteiger partial charge in [-0.15, -0.1) is 0 Å². The molecule has 0 bridgehead atoms. The second-order valence-corrected chi connectivity index (χ2v) is 9.19. The summed E-state index contributed by atoms with van der Waals surface area (Å²) in [4.78, 5) is 17.1. The molecule has 0 amide bonds. The Balaban J connectivity index is 1.54. The van der Waals surface area contributed by atoms with Crippen LogP contribution in [0.25, 0.3) is 22.3 Å². The lowest BCUT2D eigenvalue weighted by atomic mass is 10.1. The van der Waals surface area contributed by atoms with Crippen LogP contribution in [0.4, 0.5) is 26.2 Å². The quantitative estimate of drug-likeness (QED) is 0.270. The van der Waals surface area contributed by atoms with E-state index in [4.69, 9.17) is 0 Å². The number of aromatic nitrogens is 5. The third-order valence-electron chi connectivity index (χ3n) is 5.86. The first-order valence-electron chi connectivity index (χ1n) is 12.2. The molecule has 0 saturated heterocycles. The van der Waals surface area contributed by atoms with Crippen molar-refractivity contribution in [2.24, 2.45) is 5.92 Å². The number of aryl methyl sites for hydroxylation is 1. The van der Waals surface area contributed by atoms with E-state index >= 15 is 0 Å². The first-order chi connectivity index (χ1) is 17.3. The summed E-state index contributed by atoms with van der Waals surface area (Å²) < 4.78 is 31.6. The minimum atomic E-state index is -0.647. The lowest BCUT2D eigenvalue weighted by molar-refractivity contribution is 0.545. The zero-order chi connectivity index (χ0) is 25.8. The van der Waals surface area contributed by atoms with Crippen LogP contribution >= 0.6 is 0 Å². The summed E-state index contributed by atoms with van der Waals surface area (Å²) in [7, 11) is 0. The predicted molar refractivity (Wildman–Crippen MR) is 140 cm³/mol. The molecule has 4 rings (SSSR count). The Hall–Kier alpha value is -3.66. The average Bonchev–Trinajstić information content (AvgIpc) is 3.20. The number of anilines is 3. The summed E-state index contributed by atoms with van der Waals surface area (Å²) in [6, 6.07) is 6.72. The largest absolute Gasteiger partial charge is 0.383 e. The number of imidazole rings is 1. The maximum absolute atomic E-state index is 14.9. The van der Waals surface area contributed by atoms with E-state index in [9.17, 15) is 8.78 Å². The number of halogens is 2. The Labute approximate surface area is 209 Å². The van der Waals surface area contributed by atoms with Crippen molar-refractivity contribution < 1.29 is 8.78 Å². The molecule has 0 fully saturated rings. The molecule has 0 aliphatic heterocycles. The highest BCUT2D eigenvalue weighted by Gasteiger charge is 2.18. The Morgan fingerprint density at radius 2 is 1.78 bits per heavy atom. The van der Waals surface area contributed by atoms with Crippen molar-refractivity contribution >= 4 is 28.5 Å². The molecule has 190 valence electrons. The summed E-state index contributed by atoms with van der Waals surface area (Å²) in [6.07, 6.45) is 2.78. The molecule has 1 unspecified atom stereocenters. The number of hydrogen-bond acceptors (Lipinski definition) is 7. The van der Waals surface area contributed by atoms with Crippen molar-refractivity contribution in [3.8, 4) is 11.3 Å². The van der Waals surface area contributed by atoms with E-state index in [1.54, 1.807) is 18.3 Å². The fourth-order valence-electron chi connectivity index (χ4n) is 4.13. The molecule has 0 radical (unpaired) electrons. The van der Waals surface area contributed by atoms with E-state index in [1.807, 2.05) is 31.4 Å². The SMILES string of the molecule is CCNCC(C)CNc1ccc(Nc2ncc(F)c(-c3cc(F)c4nc(C)n(C(C)C)c4c3)n2)nc1. The molecule has 0 aliphatic carbocycles. The van der Waals surface area contributed by atoms with Crippen LogP contribution in [-0.4, -0.2) is 44.1 Å². The van der Waals surface area contributed by atoms with Gasteiger partial charge >= 0.3 is 0 Å². The van der Waals surface area contributed by atoms with Crippen molar-refractivity contribution in [3.63, 3.8) is 0 Å². The predicted octanol–water partition coefficient (Wildman–Crippen LogP) is 5.46. The van der Waals surface area contributed by atoms with Crippen LogP contribution in [-0.2, 0) is 0 Å². The number of nitrogens with one attached hydrogen (secondary N) is 3. The molecule has 4 aromatic rings. The fourth-order valence-corrected chi connectivity index (χ4v) is 4.13. The molecule has 1 atom stereocenters. The van der Waals surface area contributed by atoms with E-state index in [-0.39, 0.29) is 23.2 Å². The standard InChI is InChI=1S/C26H32F2N8/c1-6-29-11-16(4)12-30-19-7-8-23(31-13-19)34-26-32-14-21(28)24(35-26)18-9-20(27)25-22(10-18)36(15(2)3)17(5)33-25/h7-10,13-16,29-30H,6,11-12H2,1-5H3,(H,31,32,34,35). The van der Waals surface area contributed by atoms with Crippen LogP contribution in [0.1, 0.15) is 39.6 Å². The Kier molecular flexibility index (Phi) is 7.73. The molecule has 8 nitrogen and oxygen atoms in total. The van der Waals surface area contributed by atoms with Gasteiger partial charge in [-0.3, -0.25) is 0 Å². The Morgan fingerprint density at radius 1 is 0.972 bits per heavy atom. The minimum Gasteiger partial charge on any atom is -0.383 e. The number of nitrogens with zero attached hydrogens (tertiary/aromatic N) is 5. The number of pyridine rings is 1. The first kappa shape index (κ1) is 25.4. The maximum atomic E-state index is 14.9. The highest BCUT2D eigenvalue weighted by molar-refractivity contribution is 5.83. The third kappa shape index (κ3) is 5.59. The van der Waals surface area contributed by atoms with Crippen LogP contribution in [0.2, 0.25) is 0 Å². The second kappa shape index (κ2) is 10.9. The number of benzene rings is 1. The van der Waals surface area contributed by atoms with Crippen LogP contribution in [0, 0.1) is 24.5 Å². The fraction of sp³-hybridized carbons (Fsp3) is 0.385. The number of fused-ring (bicyclic) bond motifs is 1. The van der Waals surface area contributed by atoms with E-state index in [2.05, 4.69) is 49.7 Å². The molecule has 10 heteroatoms. The van der Waals surface area contributed by atoms with Gasteiger partial charge in [-0.05, 0) is 64.0 Å². The van der Waals surface area contributed by atoms with Gasteiger partial charge in [0.25, 0.3) is 0 Å². The zero-order valence-electron chi connectivity index (χ0n) is 21.2. The van der Waals surface area contributed by atoms with Gasteiger partial charge in [-0.25, -0.2) is 28.7 Å². The molecule has 1 aromatic carbocycles. The molecule has 0 saturated carbocycles. The summed E-state index contributed by atoms with van der Waals surface area (Å²) in [5, 5.41) is 9.69. The topological polar surface area (TPSA) is 92.6 Å². The van der Waals surface area contributed by atoms with Crippen LogP contribution in [0.5, 0.6) is 0 Å². The molecule has 3 heterocycles. The molecule has 0 spiro atoms. The molecular weight excluding hydrogens is 462 g/mol. The zero-order valence-corrected chi connectivity index (χ0v) is 21.2. The van der Waals surface area contributed by atoms with Gasteiger partial charge < -0.3 is 20.5 Å². The molecule has 3 N–H and O–H groups in total. The summed E-state index contributed by atoms with van der Waals surface area (Å²) in [5.74, 6) is 0.661. The second-order valence-electron chi connectivity index (χ2n) is 9.19. The van der Waals surface area contributed by atoms with E-state index in [0.29, 0.717) is 28.6 Å². The highest BCUT2D eigenvalue weighted by atomic mass is 19.1. The molecule has 0 aliphatic rings. The Bertz CT molecular complexity index is 1330. The van der Waals surface area contributed by atoms with Gasteiger partial charge in [-0.1, -0.05) is 13.8 Å². The summed E-state index contributed by atoms with van der Waals surface area (Å²) in [6.45, 7) is 12.8. The lowest BCUT2D eigenvalue weighted by Crippen LogP contribution is -2.25. The smallest absolute Gasteiger partial charge is 0.229 e. The monoisotopic (exact) mass is 494 g/mol. The van der Waals surface area contributed by atoms with Crippen molar-refractivity contribution in [1.29, 1.82) is 0 Å². The van der Waals surface area contributed by atoms with Crippen LogP contribution in [0.15, 0.2) is 36.7 Å². The molecule has 36 heavy (non-hydrogen) atoms. The Morgan fingerprint density at radius 3 is 2.47 bits per heavy atom. The third-order valence-corrected chi connectivity index (χ3v) is 5.86. The lowest BCUT2D eigenvalue weighted by Gasteiger charge is -2.14. The minimum absolute atomic E-state index is 0.00424. The number of hydrogen-bond donors (Lipinski definition) is 3. The average molecular weight is 495 g/mol. The van der Waals surface area contributed by atoms with Crippen molar-refractivity contribution in [2.45, 2.75) is 40.7 Å². The van der Waals surface area contributed by atoms with Gasteiger partial charge in [-0.2, -0.15) is 0 Å². The van der Waals surface area contributed by atoms with Gasteiger partial charge in [0.15, 0.2) is 11.6 Å². The van der Waals surface area contributed by atoms with Crippen molar-refractivity contribution in [2.75, 3.05) is 30.3 Å². The maximum Gasteiger partial charge on any atom is 0.229 e. The summed E-state index contributed by atoms with van der Waals surface area (Å²) in [5.41, 5.74) is 2.05. The van der Waals surface area contributed by atoms with Crippen LogP contribution in [0.3, 0.4) is 0 Å². The van der Waals surface area contributed by atoms with Crippen LogP contribution < -0.4 is 16.0 Å². The van der Waals surface area contributed by atoms with Crippen molar-refractivity contribution in [3.05, 3.63) is 54.1 Å². The normalized spacial score (nSPS) is 12.3. The van der Waals surface area contributed by atoms with Gasteiger partial charge in [0.2, 0.25) is 5.95 Å². The van der Waals surface area contributed by atoms with Gasteiger partial charge in [0.1, 0.15) is 22.9 Å².